The summed E-state index contributed by atoms with van der Waals surface area (Å²) >= 11 is 0. The molecule has 140 valence electrons. The molecule has 1 aliphatic rings. The van der Waals surface area contributed by atoms with E-state index in [2.05, 4.69) is 15.1 Å². The molecule has 1 saturated heterocycles. The van der Waals surface area contributed by atoms with E-state index in [0.29, 0.717) is 17.9 Å². The number of likely N-dealkylation sites (tertiary alicyclic amines) is 1. The van der Waals surface area contributed by atoms with Gasteiger partial charge in [-0.3, -0.25) is 4.79 Å². The number of aryl methyl sites for hydroxylation is 1. The van der Waals surface area contributed by atoms with Gasteiger partial charge in [-0.15, -0.1) is 0 Å². The number of carbonyl (C=O) groups excluding carboxylic acids is 1. The van der Waals surface area contributed by atoms with E-state index in [1.165, 1.54) is 42.4 Å². The molecule has 0 N–H and O–H groups in total. The van der Waals surface area contributed by atoms with Crippen molar-refractivity contribution in [3.05, 3.63) is 59.4 Å². The fourth-order valence-electron chi connectivity index (χ4n) is 3.75. The lowest BCUT2D eigenvalue weighted by atomic mass is 9.85. The van der Waals surface area contributed by atoms with Gasteiger partial charge in [0.1, 0.15) is 17.8 Å². The summed E-state index contributed by atoms with van der Waals surface area (Å²) in [7, 11) is 0. The number of hydrogen-bond donors (Lipinski definition) is 0. The molecule has 0 radical (unpaired) electrons. The van der Waals surface area contributed by atoms with E-state index in [1.807, 2.05) is 13.0 Å². The Morgan fingerprint density at radius 1 is 1.30 bits per heavy atom. The van der Waals surface area contributed by atoms with Crippen LogP contribution in [0.2, 0.25) is 0 Å². The quantitative estimate of drug-likeness (QED) is 0.695. The number of amides is 1. The summed E-state index contributed by atoms with van der Waals surface area (Å²) in [5.41, 5.74) is 0.316. The molecule has 3 heterocycles. The van der Waals surface area contributed by atoms with Crippen LogP contribution in [0.25, 0.3) is 5.78 Å². The van der Waals surface area contributed by atoms with Crippen LogP contribution in [0.3, 0.4) is 0 Å². The highest BCUT2D eigenvalue weighted by molar-refractivity contribution is 5.94. The Morgan fingerprint density at radius 3 is 2.78 bits per heavy atom. The van der Waals surface area contributed by atoms with E-state index >= 15 is 4.39 Å². The van der Waals surface area contributed by atoms with E-state index in [9.17, 15) is 9.18 Å². The molecule has 6 nitrogen and oxygen atoms in total. The van der Waals surface area contributed by atoms with Gasteiger partial charge in [0.05, 0.1) is 12.2 Å². The molecule has 1 aliphatic heterocycles. The van der Waals surface area contributed by atoms with Gasteiger partial charge in [0, 0.05) is 23.7 Å². The largest absolute Gasteiger partial charge is 0.335 e. The van der Waals surface area contributed by atoms with E-state index in [0.717, 1.165) is 11.4 Å². The van der Waals surface area contributed by atoms with E-state index < -0.39 is 11.5 Å². The predicted molar refractivity (Wildman–Crippen MR) is 94.7 cm³/mol. The van der Waals surface area contributed by atoms with E-state index in [4.69, 9.17) is 0 Å². The van der Waals surface area contributed by atoms with Gasteiger partial charge in [-0.25, -0.2) is 18.3 Å². The molecular formula is C19H19F2N5O. The number of piperidine rings is 1. The molecule has 0 spiro atoms. The highest BCUT2D eigenvalue weighted by atomic mass is 19.1. The molecule has 1 aromatic carbocycles. The van der Waals surface area contributed by atoms with Crippen LogP contribution in [-0.4, -0.2) is 49.1 Å². The van der Waals surface area contributed by atoms with Crippen LogP contribution < -0.4 is 0 Å². The minimum atomic E-state index is -1.55. The number of fused-ring (bicyclic) bond motifs is 1. The molecule has 2 atom stereocenters. The summed E-state index contributed by atoms with van der Waals surface area (Å²) in [6.45, 7) is 3.67. The van der Waals surface area contributed by atoms with Crippen molar-refractivity contribution in [3.63, 3.8) is 0 Å². The number of nitrogens with zero attached hydrogens (tertiary/aromatic N) is 5. The first-order valence-electron chi connectivity index (χ1n) is 8.73. The van der Waals surface area contributed by atoms with Gasteiger partial charge in [0.15, 0.2) is 0 Å². The number of aromatic nitrogens is 4. The third-order valence-electron chi connectivity index (χ3n) is 4.84. The van der Waals surface area contributed by atoms with Crippen LogP contribution in [0.4, 0.5) is 8.78 Å². The van der Waals surface area contributed by atoms with Crippen molar-refractivity contribution >= 4 is 11.7 Å². The van der Waals surface area contributed by atoms with Crippen LogP contribution in [0.15, 0.2) is 36.7 Å². The maximum Gasteiger partial charge on any atom is 0.253 e. The number of alkyl halides is 1. The summed E-state index contributed by atoms with van der Waals surface area (Å²) in [5, 5.41) is 4.20. The molecule has 2 unspecified atom stereocenters. The predicted octanol–water partition coefficient (Wildman–Crippen LogP) is 2.93. The van der Waals surface area contributed by atoms with E-state index in [1.54, 1.807) is 4.52 Å². The normalized spacial score (nSPS) is 23.0. The summed E-state index contributed by atoms with van der Waals surface area (Å²) in [6.07, 6.45) is 1.67. The number of benzene rings is 1. The van der Waals surface area contributed by atoms with Gasteiger partial charge in [0.2, 0.25) is 0 Å². The standard InChI is InChI=1S/C19H19F2N5O/c1-12-7-16(26-18(24-12)22-11-23-26)14-8-19(2,21)10-25(9-14)17(27)13-3-5-15(20)6-4-13/h3-7,11,14H,8-10H2,1-2H3. The average molecular weight is 371 g/mol. The molecule has 4 rings (SSSR count). The van der Waals surface area contributed by atoms with E-state index in [-0.39, 0.29) is 24.8 Å². The summed E-state index contributed by atoms with van der Waals surface area (Å²) in [6, 6.07) is 7.16. The zero-order valence-electron chi connectivity index (χ0n) is 15.1. The Bertz CT molecular complexity index is 999. The Morgan fingerprint density at radius 2 is 2.04 bits per heavy atom. The Hall–Kier alpha value is -2.90. The van der Waals surface area contributed by atoms with Gasteiger partial charge in [-0.05, 0) is 50.6 Å². The molecule has 0 bridgehead atoms. The minimum absolute atomic E-state index is 0.00965. The van der Waals surface area contributed by atoms with Crippen molar-refractivity contribution in [1.29, 1.82) is 0 Å². The van der Waals surface area contributed by atoms with Gasteiger partial charge in [0.25, 0.3) is 11.7 Å². The van der Waals surface area contributed by atoms with Crippen LogP contribution in [0.5, 0.6) is 0 Å². The van der Waals surface area contributed by atoms with Crippen molar-refractivity contribution in [2.75, 3.05) is 13.1 Å². The molecule has 1 fully saturated rings. The molecule has 0 aliphatic carbocycles. The zero-order chi connectivity index (χ0) is 19.2. The molecule has 2 aromatic heterocycles. The van der Waals surface area contributed by atoms with Crippen molar-refractivity contribution in [2.24, 2.45) is 0 Å². The highest BCUT2D eigenvalue weighted by Gasteiger charge is 2.40. The SMILES string of the molecule is Cc1cc(C2CN(C(=O)c3ccc(F)cc3)CC(C)(F)C2)n2ncnc2n1. The first kappa shape index (κ1) is 17.5. The fourth-order valence-corrected chi connectivity index (χ4v) is 3.75. The Labute approximate surface area is 154 Å². The van der Waals surface area contributed by atoms with Crippen LogP contribution >= 0.6 is 0 Å². The second-order valence-electron chi connectivity index (χ2n) is 7.30. The third kappa shape index (κ3) is 3.39. The first-order chi connectivity index (χ1) is 12.8. The van der Waals surface area contributed by atoms with Gasteiger partial charge >= 0.3 is 0 Å². The molecule has 1 amide bonds. The second kappa shape index (κ2) is 6.37. The lowest BCUT2D eigenvalue weighted by molar-refractivity contribution is 0.0342. The zero-order valence-corrected chi connectivity index (χ0v) is 15.1. The molecule has 3 aromatic rings. The molecule has 27 heavy (non-hydrogen) atoms. The van der Waals surface area contributed by atoms with Gasteiger partial charge in [-0.2, -0.15) is 10.1 Å². The van der Waals surface area contributed by atoms with Crippen molar-refractivity contribution in [3.8, 4) is 0 Å². The first-order valence-corrected chi connectivity index (χ1v) is 8.73. The van der Waals surface area contributed by atoms with Crippen LogP contribution in [0.1, 0.15) is 41.0 Å². The van der Waals surface area contributed by atoms with Crippen molar-refractivity contribution < 1.29 is 13.6 Å². The lowest BCUT2D eigenvalue weighted by Crippen LogP contribution is -2.49. The number of halogens is 2. The molecule has 0 saturated carbocycles. The Balaban J connectivity index is 1.69. The minimum Gasteiger partial charge on any atom is -0.335 e. The number of carbonyl (C=O) groups is 1. The maximum atomic E-state index is 15.1. The lowest BCUT2D eigenvalue weighted by Gasteiger charge is -2.40. The van der Waals surface area contributed by atoms with Crippen molar-refractivity contribution in [2.45, 2.75) is 31.9 Å². The smallest absolute Gasteiger partial charge is 0.253 e. The summed E-state index contributed by atoms with van der Waals surface area (Å²) < 4.78 is 29.9. The van der Waals surface area contributed by atoms with Crippen LogP contribution in [-0.2, 0) is 0 Å². The van der Waals surface area contributed by atoms with Gasteiger partial charge in [-0.1, -0.05) is 0 Å². The number of rotatable bonds is 2. The highest BCUT2D eigenvalue weighted by Crippen LogP contribution is 2.35. The Kier molecular flexibility index (Phi) is 4.13. The van der Waals surface area contributed by atoms with Crippen molar-refractivity contribution in [1.82, 2.24) is 24.5 Å². The average Bonchev–Trinajstić information content (AvgIpc) is 3.08. The van der Waals surface area contributed by atoms with Gasteiger partial charge < -0.3 is 4.90 Å². The third-order valence-corrected chi connectivity index (χ3v) is 4.84. The molecular weight excluding hydrogens is 352 g/mol. The fraction of sp³-hybridized carbons (Fsp3) is 0.368. The van der Waals surface area contributed by atoms with Crippen LogP contribution in [0, 0.1) is 12.7 Å². The topological polar surface area (TPSA) is 63.4 Å². The summed E-state index contributed by atoms with van der Waals surface area (Å²) in [5.74, 6) is -0.542. The maximum absolute atomic E-state index is 15.1. The summed E-state index contributed by atoms with van der Waals surface area (Å²) in [4.78, 5) is 22.8. The second-order valence-corrected chi connectivity index (χ2v) is 7.30. The molecule has 8 heteroatoms. The number of hydrogen-bond acceptors (Lipinski definition) is 4. The monoisotopic (exact) mass is 371 g/mol.